The Morgan fingerprint density at radius 3 is 2.71 bits per heavy atom. The molecule has 0 bridgehead atoms. The molecule has 1 aromatic heterocycles. The van der Waals surface area contributed by atoms with Gasteiger partial charge in [-0.3, -0.25) is 4.79 Å². The summed E-state index contributed by atoms with van der Waals surface area (Å²) in [7, 11) is 1.63. The largest absolute Gasteiger partial charge is 0.493 e. The van der Waals surface area contributed by atoms with Crippen LogP contribution in [-0.2, 0) is 11.2 Å². The van der Waals surface area contributed by atoms with Crippen molar-refractivity contribution in [2.45, 2.75) is 45.4 Å². The van der Waals surface area contributed by atoms with E-state index in [9.17, 15) is 4.79 Å². The molecule has 4 rings (SSSR count). The first-order valence-electron chi connectivity index (χ1n) is 11.9. The smallest absolute Gasteiger partial charge is 0.303 e. The summed E-state index contributed by atoms with van der Waals surface area (Å²) in [5.41, 5.74) is 3.29. The van der Waals surface area contributed by atoms with E-state index in [0.29, 0.717) is 43.6 Å². The SMILES string of the molecule is CCOc1nc(-c2ccc(OCCCOc3ccc4c(c3)CC[C@H]4CC(=O)O)c(OC)c2)sc1C. The van der Waals surface area contributed by atoms with Gasteiger partial charge in [-0.2, -0.15) is 0 Å². The predicted molar refractivity (Wildman–Crippen MR) is 135 cm³/mol. The average Bonchev–Trinajstić information content (AvgIpc) is 3.41. The molecule has 0 fully saturated rings. The van der Waals surface area contributed by atoms with E-state index in [-0.39, 0.29) is 12.3 Å². The van der Waals surface area contributed by atoms with E-state index >= 15 is 0 Å². The maximum Gasteiger partial charge on any atom is 0.303 e. The minimum Gasteiger partial charge on any atom is -0.493 e. The van der Waals surface area contributed by atoms with Crippen LogP contribution in [0.2, 0.25) is 0 Å². The summed E-state index contributed by atoms with van der Waals surface area (Å²) in [6, 6.07) is 11.8. The Kier molecular flexibility index (Phi) is 8.13. The molecule has 2 aromatic carbocycles. The molecule has 0 spiro atoms. The van der Waals surface area contributed by atoms with E-state index < -0.39 is 5.97 Å². The van der Waals surface area contributed by atoms with Crippen LogP contribution in [0.4, 0.5) is 0 Å². The first-order chi connectivity index (χ1) is 17.0. The lowest BCUT2D eigenvalue weighted by molar-refractivity contribution is -0.137. The molecule has 3 aromatic rings. The molecule has 1 N–H and O–H groups in total. The van der Waals surface area contributed by atoms with Crippen LogP contribution in [0.3, 0.4) is 0 Å². The van der Waals surface area contributed by atoms with Gasteiger partial charge in [-0.15, -0.1) is 11.3 Å². The third-order valence-electron chi connectivity index (χ3n) is 6.00. The lowest BCUT2D eigenvalue weighted by Crippen LogP contribution is -2.06. The number of aliphatic carboxylic acids is 1. The minimum atomic E-state index is -0.747. The normalized spacial score (nSPS) is 14.4. The second kappa shape index (κ2) is 11.4. The number of hydrogen-bond donors (Lipinski definition) is 1. The zero-order valence-corrected chi connectivity index (χ0v) is 21.2. The number of nitrogens with zero attached hydrogens (tertiary/aromatic N) is 1. The predicted octanol–water partition coefficient (Wildman–Crippen LogP) is 5.88. The number of fused-ring (bicyclic) bond motifs is 1. The molecule has 1 atom stereocenters. The molecule has 1 aliphatic carbocycles. The number of methoxy groups -OCH3 is 1. The zero-order valence-electron chi connectivity index (χ0n) is 20.3. The number of aryl methyl sites for hydroxylation is 2. The van der Waals surface area contributed by atoms with Crippen LogP contribution in [0.1, 0.15) is 48.1 Å². The van der Waals surface area contributed by atoms with E-state index in [1.807, 2.05) is 50.2 Å². The van der Waals surface area contributed by atoms with Crippen molar-refractivity contribution in [3.05, 3.63) is 52.4 Å². The molecule has 8 heteroatoms. The number of aromatic nitrogens is 1. The molecule has 0 aliphatic heterocycles. The Morgan fingerprint density at radius 1 is 1.11 bits per heavy atom. The van der Waals surface area contributed by atoms with Crippen molar-refractivity contribution in [2.24, 2.45) is 0 Å². The quantitative estimate of drug-likeness (QED) is 0.313. The summed E-state index contributed by atoms with van der Waals surface area (Å²) in [6.45, 7) is 5.55. The Labute approximate surface area is 209 Å². The number of carboxylic acid groups (broad SMARTS) is 1. The van der Waals surface area contributed by atoms with Crippen LogP contribution in [0.15, 0.2) is 36.4 Å². The Balaban J connectivity index is 1.28. The van der Waals surface area contributed by atoms with Gasteiger partial charge in [0.1, 0.15) is 10.8 Å². The zero-order chi connectivity index (χ0) is 24.8. The fourth-order valence-corrected chi connectivity index (χ4v) is 5.18. The van der Waals surface area contributed by atoms with Crippen molar-refractivity contribution >= 4 is 17.3 Å². The maximum atomic E-state index is 11.0. The van der Waals surface area contributed by atoms with Gasteiger partial charge < -0.3 is 24.1 Å². The fourth-order valence-electron chi connectivity index (χ4n) is 4.32. The van der Waals surface area contributed by atoms with Crippen molar-refractivity contribution in [2.75, 3.05) is 26.9 Å². The maximum absolute atomic E-state index is 11.0. The van der Waals surface area contributed by atoms with Gasteiger partial charge in [-0.1, -0.05) is 6.07 Å². The van der Waals surface area contributed by atoms with Crippen molar-refractivity contribution < 1.29 is 28.8 Å². The van der Waals surface area contributed by atoms with Crippen LogP contribution in [0.25, 0.3) is 10.6 Å². The first kappa shape index (κ1) is 24.9. The molecule has 0 amide bonds. The van der Waals surface area contributed by atoms with Gasteiger partial charge in [0.15, 0.2) is 11.5 Å². The number of carboxylic acids is 1. The van der Waals surface area contributed by atoms with E-state index in [2.05, 4.69) is 4.98 Å². The topological polar surface area (TPSA) is 87.1 Å². The molecule has 1 heterocycles. The molecule has 7 nitrogen and oxygen atoms in total. The monoisotopic (exact) mass is 497 g/mol. The van der Waals surface area contributed by atoms with Gasteiger partial charge in [-0.05, 0) is 74.1 Å². The third kappa shape index (κ3) is 6.06. The highest BCUT2D eigenvalue weighted by Gasteiger charge is 2.24. The van der Waals surface area contributed by atoms with Crippen LogP contribution in [-0.4, -0.2) is 43.0 Å². The highest BCUT2D eigenvalue weighted by molar-refractivity contribution is 7.15. The van der Waals surface area contributed by atoms with Gasteiger partial charge in [0.2, 0.25) is 5.88 Å². The van der Waals surface area contributed by atoms with E-state index in [1.54, 1.807) is 18.4 Å². The van der Waals surface area contributed by atoms with Gasteiger partial charge >= 0.3 is 5.97 Å². The van der Waals surface area contributed by atoms with Crippen LogP contribution in [0, 0.1) is 6.92 Å². The fraction of sp³-hybridized carbons (Fsp3) is 0.407. The Hall–Kier alpha value is -3.26. The molecule has 0 radical (unpaired) electrons. The van der Waals surface area contributed by atoms with Crippen LogP contribution in [0.5, 0.6) is 23.1 Å². The third-order valence-corrected chi connectivity index (χ3v) is 7.00. The van der Waals surface area contributed by atoms with Gasteiger partial charge in [-0.25, -0.2) is 4.98 Å². The second-order valence-corrected chi connectivity index (χ2v) is 9.63. The molecule has 35 heavy (non-hydrogen) atoms. The van der Waals surface area contributed by atoms with Crippen LogP contribution >= 0.6 is 11.3 Å². The molecule has 0 unspecified atom stereocenters. The molecule has 0 saturated carbocycles. The molecular weight excluding hydrogens is 466 g/mol. The van der Waals surface area contributed by atoms with Crippen LogP contribution < -0.4 is 18.9 Å². The van der Waals surface area contributed by atoms with Crippen molar-refractivity contribution in [1.29, 1.82) is 0 Å². The minimum absolute atomic E-state index is 0.109. The standard InChI is InChI=1S/C27H31NO6S/c1-4-32-26-17(2)35-27(28-26)20-8-11-23(24(15-20)31-3)34-13-5-12-33-21-9-10-22-18(14-21)6-7-19(22)16-25(29)30/h8-11,14-15,19H,4-7,12-13,16H2,1-3H3,(H,29,30)/t19-/m0/s1. The summed E-state index contributed by atoms with van der Waals surface area (Å²) in [5.74, 6) is 2.18. The van der Waals surface area contributed by atoms with Crippen molar-refractivity contribution in [3.8, 4) is 33.7 Å². The Morgan fingerprint density at radius 2 is 1.94 bits per heavy atom. The highest BCUT2D eigenvalue weighted by Crippen LogP contribution is 2.38. The number of ether oxygens (including phenoxy) is 4. The van der Waals surface area contributed by atoms with E-state index in [0.717, 1.165) is 39.6 Å². The van der Waals surface area contributed by atoms with Crippen molar-refractivity contribution in [1.82, 2.24) is 4.98 Å². The van der Waals surface area contributed by atoms with Gasteiger partial charge in [0.05, 0.1) is 38.2 Å². The molecule has 186 valence electrons. The second-order valence-electron chi connectivity index (χ2n) is 8.42. The summed E-state index contributed by atoms with van der Waals surface area (Å²) >= 11 is 1.59. The first-order valence-corrected chi connectivity index (χ1v) is 12.7. The number of benzene rings is 2. The lowest BCUT2D eigenvalue weighted by Gasteiger charge is -2.13. The van der Waals surface area contributed by atoms with Gasteiger partial charge in [0, 0.05) is 12.0 Å². The summed E-state index contributed by atoms with van der Waals surface area (Å²) in [4.78, 5) is 16.7. The average molecular weight is 498 g/mol. The summed E-state index contributed by atoms with van der Waals surface area (Å²) in [5, 5.41) is 9.96. The molecular formula is C27H31NO6S. The number of hydrogen-bond acceptors (Lipinski definition) is 7. The molecule has 0 saturated heterocycles. The van der Waals surface area contributed by atoms with Gasteiger partial charge in [0.25, 0.3) is 0 Å². The summed E-state index contributed by atoms with van der Waals surface area (Å²) in [6.07, 6.45) is 2.69. The van der Waals surface area contributed by atoms with E-state index in [1.165, 1.54) is 5.56 Å². The number of rotatable bonds is 12. The molecule has 1 aliphatic rings. The Bertz CT molecular complexity index is 1170. The number of thiazole rings is 1. The summed E-state index contributed by atoms with van der Waals surface area (Å²) < 4.78 is 23.0. The van der Waals surface area contributed by atoms with E-state index in [4.69, 9.17) is 24.1 Å². The highest BCUT2D eigenvalue weighted by atomic mass is 32.1. The van der Waals surface area contributed by atoms with Crippen molar-refractivity contribution in [3.63, 3.8) is 0 Å². The lowest BCUT2D eigenvalue weighted by atomic mass is 9.98. The number of carbonyl (C=O) groups is 1.